The molecule has 0 fully saturated rings. The van der Waals surface area contributed by atoms with Crippen LogP contribution in [0.5, 0.6) is 0 Å². The van der Waals surface area contributed by atoms with Crippen LogP contribution in [0.15, 0.2) is 35.9 Å². The van der Waals surface area contributed by atoms with E-state index in [2.05, 4.69) is 6.92 Å². The Bertz CT molecular complexity index is 780. The molecule has 0 saturated heterocycles. The zero-order valence-corrected chi connectivity index (χ0v) is 20.5. The van der Waals surface area contributed by atoms with Gasteiger partial charge < -0.3 is 20.1 Å². The van der Waals surface area contributed by atoms with Crippen LogP contribution in [0.3, 0.4) is 0 Å². The van der Waals surface area contributed by atoms with Crippen LogP contribution in [-0.4, -0.2) is 46.2 Å². The molecule has 0 aromatic heterocycles. The lowest BCUT2D eigenvalue weighted by Gasteiger charge is -2.34. The Balaban J connectivity index is 2.42. The van der Waals surface area contributed by atoms with Crippen LogP contribution in [0.2, 0.25) is 0 Å². The number of benzene rings is 1. The molecule has 5 nitrogen and oxygen atoms in total. The molecule has 1 aliphatic heterocycles. The van der Waals surface area contributed by atoms with E-state index in [0.717, 1.165) is 23.1 Å². The van der Waals surface area contributed by atoms with Gasteiger partial charge in [0, 0.05) is 17.9 Å². The van der Waals surface area contributed by atoms with Gasteiger partial charge in [0.15, 0.2) is 0 Å². The molecule has 180 valence electrons. The molecule has 1 aromatic carbocycles. The van der Waals surface area contributed by atoms with Crippen molar-refractivity contribution in [2.45, 2.75) is 91.0 Å². The molecule has 2 rings (SSSR count). The van der Waals surface area contributed by atoms with Crippen molar-refractivity contribution in [1.82, 2.24) is 0 Å². The first-order chi connectivity index (χ1) is 15.0. The van der Waals surface area contributed by atoms with Gasteiger partial charge in [-0.05, 0) is 62.1 Å². The van der Waals surface area contributed by atoms with Gasteiger partial charge in [0.25, 0.3) is 0 Å². The van der Waals surface area contributed by atoms with Gasteiger partial charge >= 0.3 is 5.97 Å². The molecule has 5 heteroatoms. The Hall–Kier alpha value is -1.69. The minimum Gasteiger partial charge on any atom is -0.458 e. The zero-order valence-electron chi connectivity index (χ0n) is 20.5. The molecule has 32 heavy (non-hydrogen) atoms. The molecule has 0 radical (unpaired) electrons. The Morgan fingerprint density at radius 2 is 1.94 bits per heavy atom. The number of rotatable bonds is 4. The maximum Gasteiger partial charge on any atom is 0.311 e. The fraction of sp³-hybridized carbons (Fsp3) is 0.667. The minimum atomic E-state index is -0.864. The lowest BCUT2D eigenvalue weighted by atomic mass is 9.75. The highest BCUT2D eigenvalue weighted by molar-refractivity contribution is 5.73. The van der Waals surface area contributed by atoms with Crippen molar-refractivity contribution in [3.63, 3.8) is 0 Å². The number of ether oxygens (including phenoxy) is 1. The topological polar surface area (TPSA) is 87.0 Å². The Kier molecular flexibility index (Phi) is 9.50. The highest BCUT2D eigenvalue weighted by Crippen LogP contribution is 2.33. The largest absolute Gasteiger partial charge is 0.458 e. The normalized spacial score (nSPS) is 30.8. The standard InChI is InChI=1S/C27H42O5/c1-7-20(16-28)13-18(3)24-11-17(2)12-25(30)27(5,6)22-10-8-9-21(14-22)15-23(29)19(4)26(31)32-24/h8-10,13-14,17,19-20,23-25,28-30H,7,11-12,15-16H2,1-6H3/b18-13-/t17-,19+,20-,23-,24+,25+/m1/s1. The third-order valence-corrected chi connectivity index (χ3v) is 7.16. The van der Waals surface area contributed by atoms with Crippen LogP contribution in [0.25, 0.3) is 0 Å². The van der Waals surface area contributed by atoms with E-state index in [9.17, 15) is 20.1 Å². The lowest BCUT2D eigenvalue weighted by Crippen LogP contribution is -2.37. The Morgan fingerprint density at radius 1 is 1.25 bits per heavy atom. The van der Waals surface area contributed by atoms with Crippen molar-refractivity contribution >= 4 is 5.97 Å². The summed E-state index contributed by atoms with van der Waals surface area (Å²) >= 11 is 0. The number of aliphatic hydroxyl groups excluding tert-OH is 3. The summed E-state index contributed by atoms with van der Waals surface area (Å²) in [5.41, 5.74) is 2.41. The summed E-state index contributed by atoms with van der Waals surface area (Å²) in [6.07, 6.45) is 2.39. The summed E-state index contributed by atoms with van der Waals surface area (Å²) in [6.45, 7) is 11.9. The van der Waals surface area contributed by atoms with Crippen LogP contribution in [0, 0.1) is 17.8 Å². The van der Waals surface area contributed by atoms with Crippen molar-refractivity contribution in [3.05, 3.63) is 47.0 Å². The first-order valence-electron chi connectivity index (χ1n) is 11.9. The first-order valence-corrected chi connectivity index (χ1v) is 11.9. The third-order valence-electron chi connectivity index (χ3n) is 7.16. The van der Waals surface area contributed by atoms with E-state index in [1.54, 1.807) is 6.92 Å². The average molecular weight is 447 g/mol. The fourth-order valence-corrected chi connectivity index (χ4v) is 4.36. The van der Waals surface area contributed by atoms with Gasteiger partial charge in [-0.2, -0.15) is 0 Å². The second kappa shape index (κ2) is 11.4. The molecule has 0 amide bonds. The predicted molar refractivity (Wildman–Crippen MR) is 127 cm³/mol. The van der Waals surface area contributed by atoms with Crippen molar-refractivity contribution in [1.29, 1.82) is 0 Å². The van der Waals surface area contributed by atoms with Gasteiger partial charge in [0.2, 0.25) is 0 Å². The van der Waals surface area contributed by atoms with Gasteiger partial charge in [-0.3, -0.25) is 4.79 Å². The number of esters is 1. The second-order valence-corrected chi connectivity index (χ2v) is 10.3. The number of carbonyl (C=O) groups is 1. The van der Waals surface area contributed by atoms with E-state index in [1.165, 1.54) is 0 Å². The van der Waals surface area contributed by atoms with E-state index in [-0.39, 0.29) is 18.4 Å². The van der Waals surface area contributed by atoms with Crippen LogP contribution in [-0.2, 0) is 21.4 Å². The van der Waals surface area contributed by atoms with Crippen molar-refractivity contribution in [3.8, 4) is 0 Å². The van der Waals surface area contributed by atoms with E-state index in [4.69, 9.17) is 4.74 Å². The number of aliphatic hydroxyl groups is 3. The summed E-state index contributed by atoms with van der Waals surface area (Å²) in [6, 6.07) is 7.93. The lowest BCUT2D eigenvalue weighted by molar-refractivity contribution is -0.156. The van der Waals surface area contributed by atoms with Crippen molar-refractivity contribution < 1.29 is 24.9 Å². The summed E-state index contributed by atoms with van der Waals surface area (Å²) in [5.74, 6) is -0.972. The zero-order chi connectivity index (χ0) is 24.1. The molecule has 1 aromatic rings. The monoisotopic (exact) mass is 446 g/mol. The molecule has 0 unspecified atom stereocenters. The van der Waals surface area contributed by atoms with Crippen LogP contribution in [0.1, 0.15) is 71.9 Å². The van der Waals surface area contributed by atoms with Gasteiger partial charge in [-0.25, -0.2) is 0 Å². The molecule has 0 aliphatic carbocycles. The molecular weight excluding hydrogens is 404 g/mol. The number of fused-ring (bicyclic) bond motifs is 2. The number of hydrogen-bond donors (Lipinski definition) is 3. The highest BCUT2D eigenvalue weighted by Gasteiger charge is 2.34. The molecule has 3 N–H and O–H groups in total. The molecule has 1 heterocycles. The summed E-state index contributed by atoms with van der Waals surface area (Å²) in [7, 11) is 0. The van der Waals surface area contributed by atoms with Crippen LogP contribution in [0.4, 0.5) is 0 Å². The highest BCUT2D eigenvalue weighted by atomic mass is 16.5. The quantitative estimate of drug-likeness (QED) is 0.477. The molecule has 2 bridgehead atoms. The maximum absolute atomic E-state index is 12.9. The maximum atomic E-state index is 12.9. The Labute approximate surface area is 193 Å². The van der Waals surface area contributed by atoms with E-state index < -0.39 is 35.6 Å². The van der Waals surface area contributed by atoms with Crippen LogP contribution >= 0.6 is 0 Å². The molecule has 0 saturated carbocycles. The van der Waals surface area contributed by atoms with Gasteiger partial charge in [0.05, 0.1) is 18.1 Å². The average Bonchev–Trinajstić information content (AvgIpc) is 2.75. The molecule has 0 spiro atoms. The van der Waals surface area contributed by atoms with E-state index in [1.807, 2.05) is 58.0 Å². The van der Waals surface area contributed by atoms with Gasteiger partial charge in [-0.1, -0.05) is 58.0 Å². The van der Waals surface area contributed by atoms with Gasteiger partial charge in [-0.15, -0.1) is 0 Å². The van der Waals surface area contributed by atoms with E-state index >= 15 is 0 Å². The van der Waals surface area contributed by atoms with Crippen LogP contribution < -0.4 is 0 Å². The second-order valence-electron chi connectivity index (χ2n) is 10.3. The Morgan fingerprint density at radius 3 is 2.56 bits per heavy atom. The predicted octanol–water partition coefficient (Wildman–Crippen LogP) is 4.17. The molecule has 6 atom stereocenters. The minimum absolute atomic E-state index is 0.00896. The van der Waals surface area contributed by atoms with Crippen molar-refractivity contribution in [2.24, 2.45) is 17.8 Å². The summed E-state index contributed by atoms with van der Waals surface area (Å²) < 4.78 is 5.91. The van der Waals surface area contributed by atoms with Crippen molar-refractivity contribution in [2.75, 3.05) is 6.61 Å². The number of cyclic esters (lactones) is 1. The molecular formula is C27H42O5. The smallest absolute Gasteiger partial charge is 0.311 e. The number of hydrogen-bond acceptors (Lipinski definition) is 5. The first kappa shape index (κ1) is 26.6. The third kappa shape index (κ3) is 6.66. The summed E-state index contributed by atoms with van der Waals surface area (Å²) in [4.78, 5) is 12.9. The van der Waals surface area contributed by atoms with E-state index in [0.29, 0.717) is 19.3 Å². The summed E-state index contributed by atoms with van der Waals surface area (Å²) in [5, 5.41) is 31.5. The van der Waals surface area contributed by atoms with Gasteiger partial charge in [0.1, 0.15) is 6.10 Å². The fourth-order valence-electron chi connectivity index (χ4n) is 4.36. The molecule has 1 aliphatic rings. The SMILES string of the molecule is CC[C@H](/C=C(/C)[C@@H]1C[C@@H](C)C[C@H](O)C(C)(C)c2cccc(c2)C[C@@H](O)[C@H](C)C(=O)O1)CO. The number of carbonyl (C=O) groups excluding carboxylic acids is 1.